The van der Waals surface area contributed by atoms with Crippen LogP contribution in [0, 0.1) is 6.92 Å². The van der Waals surface area contributed by atoms with Crippen LogP contribution in [0.1, 0.15) is 25.2 Å². The Morgan fingerprint density at radius 1 is 1.47 bits per heavy atom. The van der Waals surface area contributed by atoms with Gasteiger partial charge in [-0.15, -0.1) is 22.7 Å². The van der Waals surface area contributed by atoms with E-state index in [1.54, 1.807) is 0 Å². The molecule has 0 aliphatic carbocycles. The molecule has 2 rings (SSSR count). The molecule has 0 spiro atoms. The van der Waals surface area contributed by atoms with Crippen molar-refractivity contribution in [3.05, 3.63) is 27.2 Å². The molecule has 0 saturated carbocycles. The second-order valence-corrected chi connectivity index (χ2v) is 5.19. The number of hydrogen-bond acceptors (Lipinski definition) is 6. The monoisotopic (exact) mass is 268 g/mol. The Balaban J connectivity index is 2.10. The average Bonchev–Trinajstić information content (AvgIpc) is 2.86. The number of thiazole rings is 2. The van der Waals surface area contributed by atoms with Gasteiger partial charge in [0.05, 0.1) is 11.2 Å². The molecule has 0 aliphatic rings. The lowest BCUT2D eigenvalue weighted by molar-refractivity contribution is 0.0992. The van der Waals surface area contributed by atoms with E-state index in [1.165, 1.54) is 22.9 Å². The van der Waals surface area contributed by atoms with Crippen LogP contribution in [0.3, 0.4) is 0 Å². The number of aromatic nitrogens is 2. The van der Waals surface area contributed by atoms with Crippen LogP contribution in [-0.2, 0) is 0 Å². The minimum Gasteiger partial charge on any atom is -0.364 e. The summed E-state index contributed by atoms with van der Waals surface area (Å²) in [6.07, 6.45) is 1.50. The summed E-state index contributed by atoms with van der Waals surface area (Å²) >= 11 is 2.44. The number of nitrogens with zero attached hydrogens (tertiary/aromatic N) is 2. The van der Waals surface area contributed by atoms with Gasteiger partial charge in [0.1, 0.15) is 10.6 Å². The minimum atomic E-state index is -0.615. The molecule has 0 atom stereocenters. The summed E-state index contributed by atoms with van der Waals surface area (Å²) in [5.41, 5.74) is 5.20. The summed E-state index contributed by atoms with van der Waals surface area (Å²) in [6, 6.07) is 0. The van der Waals surface area contributed by atoms with Crippen LogP contribution >= 0.6 is 22.7 Å². The number of anilines is 1. The summed E-state index contributed by atoms with van der Waals surface area (Å²) in [5.74, 6) is -0.906. The third-order valence-corrected chi connectivity index (χ3v) is 3.49. The SMILES string of the molecule is Cc1ncc(C(=O)Nc2nc(C(N)=O)cs2)s1. The van der Waals surface area contributed by atoms with Crippen molar-refractivity contribution in [2.45, 2.75) is 6.92 Å². The Morgan fingerprint density at radius 3 is 2.76 bits per heavy atom. The van der Waals surface area contributed by atoms with Crippen molar-refractivity contribution in [1.29, 1.82) is 0 Å². The van der Waals surface area contributed by atoms with Crippen molar-refractivity contribution in [3.8, 4) is 0 Å². The first-order chi connectivity index (χ1) is 8.06. The van der Waals surface area contributed by atoms with Crippen molar-refractivity contribution >= 4 is 39.6 Å². The first kappa shape index (κ1) is 11.7. The van der Waals surface area contributed by atoms with Crippen LogP contribution in [0.4, 0.5) is 5.13 Å². The van der Waals surface area contributed by atoms with Gasteiger partial charge in [-0.1, -0.05) is 0 Å². The maximum atomic E-state index is 11.7. The number of aryl methyl sites for hydroxylation is 1. The van der Waals surface area contributed by atoms with E-state index >= 15 is 0 Å². The van der Waals surface area contributed by atoms with E-state index in [-0.39, 0.29) is 11.6 Å². The van der Waals surface area contributed by atoms with E-state index in [0.717, 1.165) is 16.3 Å². The van der Waals surface area contributed by atoms with Gasteiger partial charge in [-0.3, -0.25) is 14.9 Å². The van der Waals surface area contributed by atoms with Gasteiger partial charge in [-0.2, -0.15) is 0 Å². The van der Waals surface area contributed by atoms with Crippen molar-refractivity contribution in [2.75, 3.05) is 5.32 Å². The average molecular weight is 268 g/mol. The molecule has 6 nitrogen and oxygen atoms in total. The Bertz CT molecular complexity index is 575. The summed E-state index contributed by atoms with van der Waals surface area (Å²) in [7, 11) is 0. The van der Waals surface area contributed by atoms with Crippen LogP contribution in [0.25, 0.3) is 0 Å². The zero-order valence-electron chi connectivity index (χ0n) is 8.76. The number of rotatable bonds is 3. The van der Waals surface area contributed by atoms with Gasteiger partial charge in [0, 0.05) is 5.38 Å². The molecule has 2 aromatic rings. The van der Waals surface area contributed by atoms with E-state index < -0.39 is 5.91 Å². The molecule has 0 bridgehead atoms. The van der Waals surface area contributed by atoms with Crippen molar-refractivity contribution < 1.29 is 9.59 Å². The van der Waals surface area contributed by atoms with Gasteiger partial charge in [-0.05, 0) is 6.92 Å². The molecule has 88 valence electrons. The molecule has 2 heterocycles. The van der Waals surface area contributed by atoms with Crippen LogP contribution in [0.2, 0.25) is 0 Å². The molecule has 2 aromatic heterocycles. The van der Waals surface area contributed by atoms with Gasteiger partial charge >= 0.3 is 0 Å². The smallest absolute Gasteiger partial charge is 0.269 e. The summed E-state index contributed by atoms with van der Waals surface area (Å²) in [4.78, 5) is 30.9. The zero-order valence-corrected chi connectivity index (χ0v) is 10.4. The third kappa shape index (κ3) is 2.66. The van der Waals surface area contributed by atoms with E-state index in [9.17, 15) is 9.59 Å². The molecular formula is C9H8N4O2S2. The highest BCUT2D eigenvalue weighted by molar-refractivity contribution is 7.15. The molecule has 17 heavy (non-hydrogen) atoms. The maximum Gasteiger partial charge on any atom is 0.269 e. The highest BCUT2D eigenvalue weighted by Gasteiger charge is 2.12. The first-order valence-electron chi connectivity index (χ1n) is 4.55. The molecule has 0 fully saturated rings. The standard InChI is InChI=1S/C9H8N4O2S2/c1-4-11-2-6(17-4)8(15)13-9-12-5(3-16-9)7(10)14/h2-3H,1H3,(H2,10,14)(H,12,13,15). The molecule has 2 amide bonds. The first-order valence-corrected chi connectivity index (χ1v) is 6.25. The summed E-state index contributed by atoms with van der Waals surface area (Å²) in [6.45, 7) is 1.82. The number of hydrogen-bond donors (Lipinski definition) is 2. The maximum absolute atomic E-state index is 11.7. The minimum absolute atomic E-state index is 0.144. The second kappa shape index (κ2) is 4.60. The highest BCUT2D eigenvalue weighted by atomic mass is 32.1. The number of carbonyl (C=O) groups is 2. The lowest BCUT2D eigenvalue weighted by Crippen LogP contribution is -2.13. The van der Waals surface area contributed by atoms with Gasteiger partial charge in [-0.25, -0.2) is 9.97 Å². The van der Waals surface area contributed by atoms with E-state index in [2.05, 4.69) is 15.3 Å². The molecule has 0 aliphatic heterocycles. The fraction of sp³-hybridized carbons (Fsp3) is 0.111. The Morgan fingerprint density at radius 2 is 2.24 bits per heavy atom. The Hall–Kier alpha value is -1.80. The van der Waals surface area contributed by atoms with Crippen molar-refractivity contribution in [1.82, 2.24) is 9.97 Å². The zero-order chi connectivity index (χ0) is 12.4. The summed E-state index contributed by atoms with van der Waals surface area (Å²) in [5, 5.41) is 5.23. The number of nitrogens with one attached hydrogen (secondary N) is 1. The molecule has 0 aromatic carbocycles. The molecule has 8 heteroatoms. The van der Waals surface area contributed by atoms with Gasteiger partial charge in [0.15, 0.2) is 5.13 Å². The Kier molecular flexibility index (Phi) is 3.16. The number of carbonyl (C=O) groups excluding carboxylic acids is 2. The lowest BCUT2D eigenvalue weighted by Gasteiger charge is -1.96. The number of primary amides is 1. The van der Waals surface area contributed by atoms with E-state index in [1.807, 2.05) is 6.92 Å². The van der Waals surface area contributed by atoms with Gasteiger partial charge < -0.3 is 5.73 Å². The fourth-order valence-electron chi connectivity index (χ4n) is 1.07. The van der Waals surface area contributed by atoms with Crippen LogP contribution in [-0.4, -0.2) is 21.8 Å². The van der Waals surface area contributed by atoms with E-state index in [0.29, 0.717) is 10.0 Å². The van der Waals surface area contributed by atoms with Gasteiger partial charge in [0.25, 0.3) is 11.8 Å². The normalized spacial score (nSPS) is 10.2. The van der Waals surface area contributed by atoms with Crippen LogP contribution in [0.5, 0.6) is 0 Å². The highest BCUT2D eigenvalue weighted by Crippen LogP contribution is 2.18. The number of nitrogens with two attached hydrogens (primary N) is 1. The third-order valence-electron chi connectivity index (χ3n) is 1.82. The van der Waals surface area contributed by atoms with Crippen molar-refractivity contribution in [3.63, 3.8) is 0 Å². The second-order valence-electron chi connectivity index (χ2n) is 3.10. The molecular weight excluding hydrogens is 260 g/mol. The number of amides is 2. The summed E-state index contributed by atoms with van der Waals surface area (Å²) < 4.78 is 0. The molecule has 0 unspecified atom stereocenters. The van der Waals surface area contributed by atoms with Crippen LogP contribution in [0.15, 0.2) is 11.6 Å². The molecule has 0 radical (unpaired) electrons. The van der Waals surface area contributed by atoms with Gasteiger partial charge in [0.2, 0.25) is 0 Å². The Labute approximate surface area is 105 Å². The van der Waals surface area contributed by atoms with Crippen LogP contribution < -0.4 is 11.1 Å². The predicted octanol–water partition coefficient (Wildman–Crippen LogP) is 1.26. The topological polar surface area (TPSA) is 98.0 Å². The fourth-order valence-corrected chi connectivity index (χ4v) is 2.44. The largest absolute Gasteiger partial charge is 0.364 e. The molecule has 3 N–H and O–H groups in total. The van der Waals surface area contributed by atoms with Crippen molar-refractivity contribution in [2.24, 2.45) is 5.73 Å². The molecule has 0 saturated heterocycles. The lowest BCUT2D eigenvalue weighted by atomic mass is 10.5. The quantitative estimate of drug-likeness (QED) is 0.875. The van der Waals surface area contributed by atoms with E-state index in [4.69, 9.17) is 5.73 Å². The predicted molar refractivity (Wildman–Crippen MR) is 65.4 cm³/mol.